The molecule has 1 amide bonds. The van der Waals surface area contributed by atoms with Gasteiger partial charge in [-0.25, -0.2) is 4.98 Å². The molecule has 6 heteroatoms. The highest BCUT2D eigenvalue weighted by atomic mass is 16.5. The van der Waals surface area contributed by atoms with Gasteiger partial charge in [0.25, 0.3) is 0 Å². The number of carbonyl (C=O) groups is 1. The fourth-order valence-electron chi connectivity index (χ4n) is 3.32. The van der Waals surface area contributed by atoms with Crippen LogP contribution in [0.1, 0.15) is 25.6 Å². The Hall–Kier alpha value is -1.40. The Balaban J connectivity index is 1.54. The minimum Gasteiger partial charge on any atom is -0.381 e. The van der Waals surface area contributed by atoms with E-state index in [0.717, 1.165) is 64.5 Å². The summed E-state index contributed by atoms with van der Waals surface area (Å²) >= 11 is 0. The topological polar surface area (TPSA) is 50.6 Å². The number of carbonyl (C=O) groups excluding carboxylic acids is 1. The van der Waals surface area contributed by atoms with Crippen LogP contribution in [0.3, 0.4) is 0 Å². The van der Waals surface area contributed by atoms with Crippen molar-refractivity contribution in [3.05, 3.63) is 18.2 Å². The van der Waals surface area contributed by atoms with Gasteiger partial charge in [0.2, 0.25) is 5.91 Å². The number of imidazole rings is 1. The van der Waals surface area contributed by atoms with Gasteiger partial charge in [0.05, 0.1) is 19.1 Å². The highest BCUT2D eigenvalue weighted by molar-refractivity contribution is 5.79. The molecule has 2 aliphatic rings. The summed E-state index contributed by atoms with van der Waals surface area (Å²) in [6, 6.07) is 0. The molecule has 2 fully saturated rings. The molecule has 0 spiro atoms. The molecule has 0 radical (unpaired) electrons. The summed E-state index contributed by atoms with van der Waals surface area (Å²) in [5.41, 5.74) is 0. The zero-order valence-corrected chi connectivity index (χ0v) is 13.4. The van der Waals surface area contributed by atoms with Gasteiger partial charge in [-0.15, -0.1) is 0 Å². The Labute approximate surface area is 132 Å². The number of ether oxygens (including phenoxy) is 1. The third kappa shape index (κ3) is 3.50. The molecule has 0 aliphatic carbocycles. The summed E-state index contributed by atoms with van der Waals surface area (Å²) in [5.74, 6) is 1.49. The van der Waals surface area contributed by atoms with Crippen LogP contribution in [0.5, 0.6) is 0 Å². The third-order valence-corrected chi connectivity index (χ3v) is 4.69. The van der Waals surface area contributed by atoms with Gasteiger partial charge in [0, 0.05) is 51.7 Å². The minimum atomic E-state index is 0.0885. The number of aromatic nitrogens is 2. The summed E-state index contributed by atoms with van der Waals surface area (Å²) in [7, 11) is 0. The lowest BCUT2D eigenvalue weighted by Gasteiger charge is -2.24. The Morgan fingerprint density at radius 1 is 1.36 bits per heavy atom. The van der Waals surface area contributed by atoms with E-state index in [0.29, 0.717) is 6.61 Å². The lowest BCUT2D eigenvalue weighted by Crippen LogP contribution is -2.39. The molecule has 0 unspecified atom stereocenters. The molecule has 22 heavy (non-hydrogen) atoms. The average molecular weight is 306 g/mol. The molecule has 3 rings (SSSR count). The molecule has 1 aromatic rings. The Morgan fingerprint density at radius 2 is 2.27 bits per heavy atom. The number of hydrogen-bond acceptors (Lipinski definition) is 4. The fourth-order valence-corrected chi connectivity index (χ4v) is 3.32. The van der Waals surface area contributed by atoms with Crippen LogP contribution in [0.15, 0.2) is 12.4 Å². The zero-order valence-electron chi connectivity index (χ0n) is 13.4. The first kappa shape index (κ1) is 15.5. The van der Waals surface area contributed by atoms with Gasteiger partial charge < -0.3 is 14.2 Å². The quantitative estimate of drug-likeness (QED) is 0.832. The highest BCUT2D eigenvalue weighted by Crippen LogP contribution is 2.17. The van der Waals surface area contributed by atoms with Crippen molar-refractivity contribution < 1.29 is 9.53 Å². The number of amides is 1. The van der Waals surface area contributed by atoms with Gasteiger partial charge in [0.1, 0.15) is 5.82 Å². The second kappa shape index (κ2) is 7.24. The normalized spacial score (nSPS) is 23.7. The van der Waals surface area contributed by atoms with Crippen molar-refractivity contribution in [2.24, 2.45) is 5.92 Å². The van der Waals surface area contributed by atoms with E-state index in [9.17, 15) is 4.79 Å². The summed E-state index contributed by atoms with van der Waals surface area (Å²) in [6.07, 6.45) is 5.81. The van der Waals surface area contributed by atoms with Crippen LogP contribution in [0.25, 0.3) is 0 Å². The second-order valence-electron chi connectivity index (χ2n) is 6.14. The van der Waals surface area contributed by atoms with Crippen LogP contribution < -0.4 is 0 Å². The number of hydrogen-bond donors (Lipinski definition) is 0. The molecule has 0 N–H and O–H groups in total. The van der Waals surface area contributed by atoms with Crippen LogP contribution >= 0.6 is 0 Å². The molecule has 0 aromatic carbocycles. The molecule has 0 bridgehead atoms. The lowest BCUT2D eigenvalue weighted by molar-refractivity contribution is -0.135. The van der Waals surface area contributed by atoms with Crippen molar-refractivity contribution >= 4 is 5.91 Å². The van der Waals surface area contributed by atoms with Crippen molar-refractivity contribution in [1.29, 1.82) is 0 Å². The number of aryl methyl sites for hydroxylation is 1. The van der Waals surface area contributed by atoms with E-state index in [4.69, 9.17) is 4.74 Å². The van der Waals surface area contributed by atoms with Crippen LogP contribution in [0, 0.1) is 5.92 Å². The summed E-state index contributed by atoms with van der Waals surface area (Å²) in [4.78, 5) is 21.4. The molecule has 2 aliphatic heterocycles. The first-order valence-corrected chi connectivity index (χ1v) is 8.37. The molecule has 2 saturated heterocycles. The standard InChI is InChI=1S/C16H26N4O2/c1-2-19-8-5-17-15(19)12-18-6-3-7-20(10-9-18)16(21)14-4-11-22-13-14/h5,8,14H,2-4,6-7,9-13H2,1H3/t14-/m0/s1. The number of nitrogens with zero attached hydrogens (tertiary/aromatic N) is 4. The molecular formula is C16H26N4O2. The maximum atomic E-state index is 12.5. The van der Waals surface area contributed by atoms with Crippen LogP contribution in [0.2, 0.25) is 0 Å². The molecule has 122 valence electrons. The van der Waals surface area contributed by atoms with Gasteiger partial charge in [-0.2, -0.15) is 0 Å². The van der Waals surface area contributed by atoms with E-state index in [-0.39, 0.29) is 11.8 Å². The smallest absolute Gasteiger partial charge is 0.228 e. The molecule has 6 nitrogen and oxygen atoms in total. The first-order valence-electron chi connectivity index (χ1n) is 8.37. The summed E-state index contributed by atoms with van der Waals surface area (Å²) < 4.78 is 7.53. The molecular weight excluding hydrogens is 280 g/mol. The van der Waals surface area contributed by atoms with Crippen molar-refractivity contribution in [3.63, 3.8) is 0 Å². The Bertz CT molecular complexity index is 496. The number of rotatable bonds is 4. The summed E-state index contributed by atoms with van der Waals surface area (Å²) in [5, 5.41) is 0. The minimum absolute atomic E-state index is 0.0885. The molecule has 0 saturated carbocycles. The predicted molar refractivity (Wildman–Crippen MR) is 83.3 cm³/mol. The van der Waals surface area contributed by atoms with Gasteiger partial charge in [-0.3, -0.25) is 9.69 Å². The maximum Gasteiger partial charge on any atom is 0.228 e. The first-order chi connectivity index (χ1) is 10.8. The van der Waals surface area contributed by atoms with E-state index < -0.39 is 0 Å². The van der Waals surface area contributed by atoms with E-state index >= 15 is 0 Å². The van der Waals surface area contributed by atoms with Crippen LogP contribution in [0.4, 0.5) is 0 Å². The van der Waals surface area contributed by atoms with Crippen molar-refractivity contribution in [3.8, 4) is 0 Å². The summed E-state index contributed by atoms with van der Waals surface area (Å²) in [6.45, 7) is 8.94. The fraction of sp³-hybridized carbons (Fsp3) is 0.750. The Morgan fingerprint density at radius 3 is 3.05 bits per heavy atom. The molecule has 3 heterocycles. The van der Waals surface area contributed by atoms with E-state index in [1.807, 2.05) is 17.3 Å². The largest absolute Gasteiger partial charge is 0.381 e. The Kier molecular flexibility index (Phi) is 5.10. The van der Waals surface area contributed by atoms with Crippen molar-refractivity contribution in [1.82, 2.24) is 19.4 Å². The predicted octanol–water partition coefficient (Wildman–Crippen LogP) is 0.974. The van der Waals surface area contributed by atoms with Gasteiger partial charge in [-0.05, 0) is 19.8 Å². The monoisotopic (exact) mass is 306 g/mol. The third-order valence-electron chi connectivity index (χ3n) is 4.69. The SMILES string of the molecule is CCn1ccnc1CN1CCCN(C(=O)[C@H]2CCOC2)CC1. The van der Waals surface area contributed by atoms with Crippen molar-refractivity contribution in [2.45, 2.75) is 32.9 Å². The van der Waals surface area contributed by atoms with Crippen molar-refractivity contribution in [2.75, 3.05) is 39.4 Å². The van der Waals surface area contributed by atoms with Crippen LogP contribution in [-0.4, -0.2) is 64.7 Å². The van der Waals surface area contributed by atoms with Gasteiger partial charge in [-0.1, -0.05) is 0 Å². The average Bonchev–Trinajstić information content (AvgIpc) is 3.15. The zero-order chi connectivity index (χ0) is 15.4. The second-order valence-corrected chi connectivity index (χ2v) is 6.14. The van der Waals surface area contributed by atoms with Crippen LogP contribution in [-0.2, 0) is 22.6 Å². The van der Waals surface area contributed by atoms with E-state index in [1.54, 1.807) is 0 Å². The highest BCUT2D eigenvalue weighted by Gasteiger charge is 2.29. The lowest BCUT2D eigenvalue weighted by atomic mass is 10.1. The molecule has 1 atom stereocenters. The van der Waals surface area contributed by atoms with E-state index in [2.05, 4.69) is 21.4 Å². The van der Waals surface area contributed by atoms with E-state index in [1.165, 1.54) is 0 Å². The molecule has 1 aromatic heterocycles. The van der Waals surface area contributed by atoms with Gasteiger partial charge >= 0.3 is 0 Å². The maximum absolute atomic E-state index is 12.5. The van der Waals surface area contributed by atoms with Gasteiger partial charge in [0.15, 0.2) is 0 Å².